The number of aromatic carboxylic acids is 1. The smallest absolute Gasteiger partial charge is 0.335 e. The number of halogens is 2. The minimum absolute atomic E-state index is 0.00764. The van der Waals surface area contributed by atoms with Crippen molar-refractivity contribution >= 4 is 58.4 Å². The van der Waals surface area contributed by atoms with Crippen LogP contribution in [0.1, 0.15) is 39.5 Å². The van der Waals surface area contributed by atoms with E-state index < -0.39 is 17.9 Å². The standard InChI is InChI=1S/C23H21Cl2N5O4S/c1-3-9-30-20(13(2)26-21(32)17-8-7-15(24)11-18(17)25)28-29-23(30)35-12-19(31)27-16-6-4-5-14(10-16)22(33)34/h3-8,10-11,13H,1,9,12H2,2H3,(H,26,32)(H,27,31)(H,33,34). The maximum Gasteiger partial charge on any atom is 0.335 e. The molecule has 0 spiro atoms. The highest BCUT2D eigenvalue weighted by Crippen LogP contribution is 2.24. The largest absolute Gasteiger partial charge is 0.478 e. The zero-order valence-corrected chi connectivity index (χ0v) is 20.8. The molecule has 0 aliphatic heterocycles. The second-order valence-corrected chi connectivity index (χ2v) is 9.07. The lowest BCUT2D eigenvalue weighted by Crippen LogP contribution is -2.29. The topological polar surface area (TPSA) is 126 Å². The van der Waals surface area contributed by atoms with Crippen LogP contribution in [0.3, 0.4) is 0 Å². The Labute approximate surface area is 215 Å². The number of hydrogen-bond acceptors (Lipinski definition) is 6. The van der Waals surface area contributed by atoms with Crippen LogP contribution >= 0.6 is 35.0 Å². The van der Waals surface area contributed by atoms with Gasteiger partial charge in [-0.25, -0.2) is 4.79 Å². The number of carbonyl (C=O) groups is 3. The molecule has 3 rings (SSSR count). The minimum atomic E-state index is -1.08. The van der Waals surface area contributed by atoms with Crippen LogP contribution in [0.15, 0.2) is 60.3 Å². The maximum atomic E-state index is 12.7. The number of carboxylic acid groups (broad SMARTS) is 1. The van der Waals surface area contributed by atoms with Crippen molar-refractivity contribution in [3.63, 3.8) is 0 Å². The van der Waals surface area contributed by atoms with Crippen LogP contribution in [0, 0.1) is 0 Å². The SMILES string of the molecule is C=CCn1c(SCC(=O)Nc2cccc(C(=O)O)c2)nnc1C(C)NC(=O)c1ccc(Cl)cc1Cl. The van der Waals surface area contributed by atoms with Crippen LogP contribution in [0.5, 0.6) is 0 Å². The number of anilines is 1. The van der Waals surface area contributed by atoms with Crippen LogP contribution in [-0.4, -0.2) is 43.4 Å². The van der Waals surface area contributed by atoms with Gasteiger partial charge in [-0.2, -0.15) is 0 Å². The summed E-state index contributed by atoms with van der Waals surface area (Å²) in [5.74, 6) is -1.34. The van der Waals surface area contributed by atoms with Crippen molar-refractivity contribution in [1.29, 1.82) is 0 Å². The lowest BCUT2D eigenvalue weighted by Gasteiger charge is -2.16. The molecule has 1 aromatic heterocycles. The fourth-order valence-electron chi connectivity index (χ4n) is 3.10. The fourth-order valence-corrected chi connectivity index (χ4v) is 4.35. The Hall–Kier alpha value is -3.34. The second kappa shape index (κ2) is 11.9. The zero-order valence-electron chi connectivity index (χ0n) is 18.5. The first-order valence-corrected chi connectivity index (χ1v) is 12.0. The average Bonchev–Trinajstić information content (AvgIpc) is 3.20. The minimum Gasteiger partial charge on any atom is -0.478 e. The van der Waals surface area contributed by atoms with E-state index >= 15 is 0 Å². The van der Waals surface area contributed by atoms with Gasteiger partial charge >= 0.3 is 5.97 Å². The summed E-state index contributed by atoms with van der Waals surface area (Å²) in [5.41, 5.74) is 0.721. The van der Waals surface area contributed by atoms with E-state index in [-0.39, 0.29) is 27.8 Å². The molecule has 0 fully saturated rings. The molecule has 3 N–H and O–H groups in total. The highest BCUT2D eigenvalue weighted by atomic mass is 35.5. The van der Waals surface area contributed by atoms with Crippen LogP contribution in [0.2, 0.25) is 10.0 Å². The monoisotopic (exact) mass is 533 g/mol. The van der Waals surface area contributed by atoms with Gasteiger partial charge in [0.25, 0.3) is 5.91 Å². The van der Waals surface area contributed by atoms with Gasteiger partial charge in [-0.15, -0.1) is 16.8 Å². The summed E-state index contributed by atoms with van der Waals surface area (Å²) < 4.78 is 1.74. The lowest BCUT2D eigenvalue weighted by molar-refractivity contribution is -0.113. The summed E-state index contributed by atoms with van der Waals surface area (Å²) in [4.78, 5) is 36.2. The first-order valence-electron chi connectivity index (χ1n) is 10.3. The quantitative estimate of drug-likeness (QED) is 0.255. The van der Waals surface area contributed by atoms with E-state index in [1.807, 2.05) is 0 Å². The van der Waals surface area contributed by atoms with Gasteiger partial charge in [-0.1, -0.05) is 47.1 Å². The zero-order chi connectivity index (χ0) is 25.5. The number of carboxylic acids is 1. The molecule has 2 aromatic carbocycles. The predicted molar refractivity (Wildman–Crippen MR) is 135 cm³/mol. The third-order valence-corrected chi connectivity index (χ3v) is 6.21. The molecule has 0 aliphatic rings. The van der Waals surface area contributed by atoms with Gasteiger partial charge in [0.15, 0.2) is 11.0 Å². The van der Waals surface area contributed by atoms with Crippen LogP contribution < -0.4 is 10.6 Å². The van der Waals surface area contributed by atoms with Gasteiger partial charge in [0.05, 0.1) is 27.9 Å². The Kier molecular flexibility index (Phi) is 8.91. The Morgan fingerprint density at radius 3 is 2.66 bits per heavy atom. The number of hydrogen-bond donors (Lipinski definition) is 3. The lowest BCUT2D eigenvalue weighted by atomic mass is 10.2. The molecule has 1 unspecified atom stereocenters. The van der Waals surface area contributed by atoms with E-state index in [1.54, 1.807) is 35.8 Å². The van der Waals surface area contributed by atoms with Crippen molar-refractivity contribution in [1.82, 2.24) is 20.1 Å². The molecular formula is C23H21Cl2N5O4S. The number of carbonyl (C=O) groups excluding carboxylic acids is 2. The van der Waals surface area contributed by atoms with Gasteiger partial charge in [0, 0.05) is 17.3 Å². The summed E-state index contributed by atoms with van der Waals surface area (Å²) in [5, 5.41) is 24.0. The van der Waals surface area contributed by atoms with E-state index in [2.05, 4.69) is 27.4 Å². The van der Waals surface area contributed by atoms with Gasteiger partial charge in [0.1, 0.15) is 0 Å². The number of allylic oxidation sites excluding steroid dienone is 1. The molecular weight excluding hydrogens is 513 g/mol. The molecule has 9 nitrogen and oxygen atoms in total. The fraction of sp³-hybridized carbons (Fsp3) is 0.174. The summed E-state index contributed by atoms with van der Waals surface area (Å²) in [6.07, 6.45) is 1.65. The summed E-state index contributed by atoms with van der Waals surface area (Å²) >= 11 is 13.2. The van der Waals surface area contributed by atoms with Crippen LogP contribution in [0.4, 0.5) is 5.69 Å². The Bertz CT molecular complexity index is 1280. The molecule has 0 saturated carbocycles. The maximum absolute atomic E-state index is 12.7. The molecule has 1 atom stereocenters. The van der Waals surface area contributed by atoms with Gasteiger partial charge in [-0.05, 0) is 43.3 Å². The Morgan fingerprint density at radius 2 is 1.97 bits per heavy atom. The van der Waals surface area contributed by atoms with Crippen LogP contribution in [-0.2, 0) is 11.3 Å². The van der Waals surface area contributed by atoms with Crippen molar-refractivity contribution in [2.45, 2.75) is 24.7 Å². The normalized spacial score (nSPS) is 11.5. The van der Waals surface area contributed by atoms with Gasteiger partial charge in [-0.3, -0.25) is 9.59 Å². The van der Waals surface area contributed by atoms with Crippen LogP contribution in [0.25, 0.3) is 0 Å². The predicted octanol–water partition coefficient (Wildman–Crippen LogP) is 4.69. The number of nitrogens with one attached hydrogen (secondary N) is 2. The van der Waals surface area contributed by atoms with Crippen molar-refractivity contribution in [3.8, 4) is 0 Å². The third-order valence-electron chi connectivity index (χ3n) is 4.69. The van der Waals surface area contributed by atoms with Crippen molar-refractivity contribution in [2.24, 2.45) is 0 Å². The number of amides is 2. The average molecular weight is 534 g/mol. The molecule has 12 heteroatoms. The molecule has 1 heterocycles. The molecule has 0 radical (unpaired) electrons. The number of nitrogens with zero attached hydrogens (tertiary/aromatic N) is 3. The first kappa shape index (κ1) is 26.3. The Morgan fingerprint density at radius 1 is 1.20 bits per heavy atom. The molecule has 0 saturated heterocycles. The van der Waals surface area contributed by atoms with Gasteiger partial charge in [0.2, 0.25) is 5.91 Å². The second-order valence-electron chi connectivity index (χ2n) is 7.28. The summed E-state index contributed by atoms with van der Waals surface area (Å²) in [6, 6.07) is 10.0. The molecule has 3 aromatic rings. The molecule has 2 amide bonds. The number of aromatic nitrogens is 3. The molecule has 0 aliphatic carbocycles. The van der Waals surface area contributed by atoms with E-state index in [0.29, 0.717) is 28.2 Å². The summed E-state index contributed by atoms with van der Waals surface area (Å²) in [7, 11) is 0. The number of thioether (sulfide) groups is 1. The molecule has 35 heavy (non-hydrogen) atoms. The number of rotatable bonds is 10. The highest BCUT2D eigenvalue weighted by molar-refractivity contribution is 7.99. The highest BCUT2D eigenvalue weighted by Gasteiger charge is 2.21. The molecule has 0 bridgehead atoms. The van der Waals surface area contributed by atoms with Crippen molar-refractivity contribution < 1.29 is 19.5 Å². The van der Waals surface area contributed by atoms with E-state index in [4.69, 9.17) is 28.3 Å². The van der Waals surface area contributed by atoms with Crippen molar-refractivity contribution in [2.75, 3.05) is 11.1 Å². The van der Waals surface area contributed by atoms with E-state index in [1.165, 1.54) is 24.3 Å². The van der Waals surface area contributed by atoms with E-state index in [0.717, 1.165) is 11.8 Å². The number of benzene rings is 2. The van der Waals surface area contributed by atoms with Gasteiger partial charge < -0.3 is 20.3 Å². The third kappa shape index (κ3) is 6.84. The Balaban J connectivity index is 1.68. The van der Waals surface area contributed by atoms with Crippen molar-refractivity contribution in [3.05, 3.63) is 82.1 Å². The van der Waals surface area contributed by atoms with E-state index in [9.17, 15) is 14.4 Å². The summed E-state index contributed by atoms with van der Waals surface area (Å²) in [6.45, 7) is 5.86. The first-order chi connectivity index (χ1) is 16.7. The molecule has 182 valence electrons.